The van der Waals surface area contributed by atoms with E-state index in [1.165, 1.54) is 37.4 Å². The molecule has 0 amide bonds. The van der Waals surface area contributed by atoms with Crippen LogP contribution in [-0.2, 0) is 16.2 Å². The fourth-order valence-corrected chi connectivity index (χ4v) is 3.17. The molecule has 0 fully saturated rings. The Morgan fingerprint density at radius 1 is 1.00 bits per heavy atom. The van der Waals surface area contributed by atoms with Crippen LogP contribution in [0.2, 0.25) is 0 Å². The van der Waals surface area contributed by atoms with Crippen molar-refractivity contribution in [1.29, 1.82) is 0 Å². The van der Waals surface area contributed by atoms with E-state index in [0.717, 1.165) is 12.1 Å². The fraction of sp³-hybridized carbons (Fsp3) is 0.250. The average Bonchev–Trinajstić information content (AvgIpc) is 2.58. The molecule has 2 aromatic rings. The molecule has 2 rings (SSSR count). The van der Waals surface area contributed by atoms with E-state index in [1.807, 2.05) is 13.8 Å². The van der Waals surface area contributed by atoms with Crippen LogP contribution in [0.3, 0.4) is 0 Å². The number of hydrogen-bond donors (Lipinski definition) is 2. The maximum Gasteiger partial charge on any atom is 0.416 e. The summed E-state index contributed by atoms with van der Waals surface area (Å²) in [5.74, 6) is 0. The Labute approximate surface area is 153 Å². The van der Waals surface area contributed by atoms with Crippen LogP contribution in [0, 0.1) is 0 Å². The summed E-state index contributed by atoms with van der Waals surface area (Å²) in [4.78, 5) is 0.0739. The quantitative estimate of drug-likeness (QED) is 0.693. The number of hydrogen-bond acceptors (Lipinski definition) is 3. The van der Waals surface area contributed by atoms with Gasteiger partial charge in [-0.2, -0.15) is 13.2 Å². The molecular weight excluding hydrogens is 421 g/mol. The first-order valence-corrected chi connectivity index (χ1v) is 9.58. The first-order chi connectivity index (χ1) is 11.6. The molecule has 4 nitrogen and oxygen atoms in total. The van der Waals surface area contributed by atoms with Gasteiger partial charge in [0.25, 0.3) is 0 Å². The molecule has 0 aliphatic rings. The lowest BCUT2D eigenvalue weighted by Gasteiger charge is -2.12. The van der Waals surface area contributed by atoms with Crippen LogP contribution in [0.4, 0.5) is 24.5 Å². The minimum atomic E-state index is -4.39. The largest absolute Gasteiger partial charge is 0.416 e. The van der Waals surface area contributed by atoms with Crippen LogP contribution in [0.15, 0.2) is 51.8 Å². The van der Waals surface area contributed by atoms with Gasteiger partial charge >= 0.3 is 6.18 Å². The molecule has 0 aromatic heterocycles. The molecule has 0 aliphatic carbocycles. The third-order valence-corrected chi connectivity index (χ3v) is 5.08. The molecule has 0 spiro atoms. The number of halogens is 4. The third-order valence-electron chi connectivity index (χ3n) is 3.01. The molecule has 25 heavy (non-hydrogen) atoms. The van der Waals surface area contributed by atoms with Gasteiger partial charge in [-0.25, -0.2) is 13.1 Å². The molecule has 138 valence electrons. The Morgan fingerprint density at radius 2 is 1.56 bits per heavy atom. The van der Waals surface area contributed by atoms with E-state index in [-0.39, 0.29) is 4.90 Å². The second kappa shape index (κ2) is 8.68. The topological polar surface area (TPSA) is 58.2 Å². The van der Waals surface area contributed by atoms with Crippen LogP contribution >= 0.6 is 15.9 Å². The number of benzene rings is 2. The van der Waals surface area contributed by atoms with Gasteiger partial charge in [-0.3, -0.25) is 0 Å². The zero-order valence-electron chi connectivity index (χ0n) is 13.8. The summed E-state index contributed by atoms with van der Waals surface area (Å²) in [6, 6.07) is 8.85. The van der Waals surface area contributed by atoms with E-state index in [4.69, 9.17) is 0 Å². The monoisotopic (exact) mass is 438 g/mol. The van der Waals surface area contributed by atoms with Crippen molar-refractivity contribution in [2.24, 2.45) is 0 Å². The minimum absolute atomic E-state index is 0.0739. The Balaban J connectivity index is 0.00000151. The van der Waals surface area contributed by atoms with Crippen LogP contribution < -0.4 is 10.0 Å². The molecule has 0 bridgehead atoms. The van der Waals surface area contributed by atoms with Crippen LogP contribution in [0.25, 0.3) is 0 Å². The van der Waals surface area contributed by atoms with Gasteiger partial charge < -0.3 is 5.32 Å². The SMILES string of the molecule is CC.CNS(=O)(=O)c1ccc(Nc2ccc(C(F)(F)F)cc2)c(Br)c1. The zero-order chi connectivity index (χ0) is 19.3. The highest BCUT2D eigenvalue weighted by Crippen LogP contribution is 2.32. The van der Waals surface area contributed by atoms with E-state index < -0.39 is 21.8 Å². The molecule has 0 radical (unpaired) electrons. The van der Waals surface area contributed by atoms with Gasteiger partial charge in [-0.1, -0.05) is 13.8 Å². The number of nitrogens with one attached hydrogen (secondary N) is 2. The highest BCUT2D eigenvalue weighted by Gasteiger charge is 2.29. The van der Waals surface area contributed by atoms with Gasteiger partial charge in [-0.05, 0) is 65.4 Å². The van der Waals surface area contributed by atoms with Crippen molar-refractivity contribution in [2.75, 3.05) is 12.4 Å². The molecule has 0 aliphatic heterocycles. The molecular formula is C16H18BrF3N2O2S. The Bertz CT molecular complexity index is 807. The summed E-state index contributed by atoms with van der Waals surface area (Å²) in [7, 11) is -2.26. The Morgan fingerprint density at radius 3 is 2.00 bits per heavy atom. The van der Waals surface area contributed by atoms with Gasteiger partial charge in [0, 0.05) is 10.2 Å². The van der Waals surface area contributed by atoms with E-state index in [2.05, 4.69) is 26.0 Å². The highest BCUT2D eigenvalue weighted by atomic mass is 79.9. The summed E-state index contributed by atoms with van der Waals surface area (Å²) >= 11 is 3.24. The first kappa shape index (κ1) is 21.5. The van der Waals surface area contributed by atoms with Crippen molar-refractivity contribution in [2.45, 2.75) is 24.9 Å². The molecule has 2 aromatic carbocycles. The number of anilines is 2. The van der Waals surface area contributed by atoms with E-state index in [9.17, 15) is 21.6 Å². The Kier molecular flexibility index (Phi) is 7.45. The molecule has 0 saturated heterocycles. The van der Waals surface area contributed by atoms with Gasteiger partial charge in [-0.15, -0.1) is 0 Å². The standard InChI is InChI=1S/C14H12BrF3N2O2S.C2H6/c1-19-23(21,22)11-6-7-13(12(15)8-11)20-10-4-2-9(3-5-10)14(16,17)18;1-2/h2-8,19-20H,1H3;1-2H3. The fourth-order valence-electron chi connectivity index (χ4n) is 1.78. The van der Waals surface area contributed by atoms with E-state index >= 15 is 0 Å². The van der Waals surface area contributed by atoms with Crippen molar-refractivity contribution in [3.05, 3.63) is 52.5 Å². The van der Waals surface area contributed by atoms with Gasteiger partial charge in [0.15, 0.2) is 0 Å². The van der Waals surface area contributed by atoms with Crippen molar-refractivity contribution < 1.29 is 21.6 Å². The van der Waals surface area contributed by atoms with Gasteiger partial charge in [0.1, 0.15) is 0 Å². The van der Waals surface area contributed by atoms with Crippen LogP contribution in [-0.4, -0.2) is 15.5 Å². The number of rotatable bonds is 4. The molecule has 0 saturated carbocycles. The van der Waals surface area contributed by atoms with Crippen molar-refractivity contribution in [3.63, 3.8) is 0 Å². The molecule has 0 heterocycles. The summed E-state index contributed by atoms with van der Waals surface area (Å²) in [5.41, 5.74) is 0.236. The highest BCUT2D eigenvalue weighted by molar-refractivity contribution is 9.10. The second-order valence-electron chi connectivity index (χ2n) is 4.55. The van der Waals surface area contributed by atoms with Crippen molar-refractivity contribution in [3.8, 4) is 0 Å². The molecule has 2 N–H and O–H groups in total. The molecule has 9 heteroatoms. The van der Waals surface area contributed by atoms with Crippen molar-refractivity contribution in [1.82, 2.24) is 4.72 Å². The zero-order valence-corrected chi connectivity index (χ0v) is 16.2. The summed E-state index contributed by atoms with van der Waals surface area (Å²) in [5, 5.41) is 2.92. The maximum absolute atomic E-state index is 12.5. The smallest absolute Gasteiger partial charge is 0.355 e. The van der Waals surface area contributed by atoms with Gasteiger partial charge in [0.2, 0.25) is 10.0 Å². The van der Waals surface area contributed by atoms with E-state index in [0.29, 0.717) is 15.8 Å². The van der Waals surface area contributed by atoms with Crippen LogP contribution in [0.1, 0.15) is 19.4 Å². The lowest BCUT2D eigenvalue weighted by molar-refractivity contribution is -0.137. The lowest BCUT2D eigenvalue weighted by atomic mass is 10.2. The number of sulfonamides is 1. The normalized spacial score (nSPS) is 11.5. The molecule has 0 atom stereocenters. The van der Waals surface area contributed by atoms with Crippen molar-refractivity contribution >= 4 is 37.3 Å². The summed E-state index contributed by atoms with van der Waals surface area (Å²) in [6.07, 6.45) is -4.39. The maximum atomic E-state index is 12.5. The number of alkyl halides is 3. The van der Waals surface area contributed by atoms with E-state index in [1.54, 1.807) is 0 Å². The first-order valence-electron chi connectivity index (χ1n) is 7.31. The predicted molar refractivity (Wildman–Crippen MR) is 96.5 cm³/mol. The average molecular weight is 439 g/mol. The predicted octanol–water partition coefficient (Wildman–Crippen LogP) is 5.15. The summed E-state index contributed by atoms with van der Waals surface area (Å²) < 4.78 is 63.6. The lowest BCUT2D eigenvalue weighted by Crippen LogP contribution is -2.18. The van der Waals surface area contributed by atoms with Gasteiger partial charge in [0.05, 0.1) is 16.1 Å². The van der Waals surface area contributed by atoms with Crippen LogP contribution in [0.5, 0.6) is 0 Å². The minimum Gasteiger partial charge on any atom is -0.355 e. The molecule has 0 unspecified atom stereocenters. The Hall–Kier alpha value is -1.58. The second-order valence-corrected chi connectivity index (χ2v) is 7.29. The third kappa shape index (κ3) is 5.72. The summed E-state index contributed by atoms with van der Waals surface area (Å²) in [6.45, 7) is 4.00.